The number of nitrogens with one attached hydrogen (secondary N) is 1. The van der Waals surface area contributed by atoms with Crippen LogP contribution in [0, 0.1) is 5.92 Å². The Morgan fingerprint density at radius 1 is 0.739 bits per heavy atom. The molecular weight excluding hydrogens is 574 g/mol. The number of carbonyl (C=O) groups is 2. The van der Waals surface area contributed by atoms with Crippen LogP contribution in [0.2, 0.25) is 0 Å². The molecule has 230 valence electrons. The van der Waals surface area contributed by atoms with Crippen molar-refractivity contribution in [1.82, 2.24) is 14.9 Å². The van der Waals surface area contributed by atoms with E-state index in [1.165, 1.54) is 0 Å². The molecule has 1 amide bonds. The minimum absolute atomic E-state index is 0.242. The van der Waals surface area contributed by atoms with E-state index in [9.17, 15) is 14.7 Å². The highest BCUT2D eigenvalue weighted by Gasteiger charge is 2.42. The fourth-order valence-electron chi connectivity index (χ4n) is 6.35. The number of carboxylic acid groups (broad SMARTS) is 1. The number of imidazole rings is 1. The van der Waals surface area contributed by atoms with E-state index in [1.54, 1.807) is 24.5 Å². The molecule has 46 heavy (non-hydrogen) atoms. The normalized spacial score (nSPS) is 13.0. The number of amides is 1. The molecule has 5 aromatic carbocycles. The topological polar surface area (TPSA) is 104 Å². The average molecular weight is 610 g/mol. The highest BCUT2D eigenvalue weighted by atomic mass is 16.4. The quantitative estimate of drug-likeness (QED) is 0.152. The Hall–Kier alpha value is -5.53. The number of fused-ring (bicyclic) bond motifs is 1. The molecule has 0 saturated carbocycles. The summed E-state index contributed by atoms with van der Waals surface area (Å²) in [7, 11) is 0. The second-order valence-corrected chi connectivity index (χ2v) is 11.7. The summed E-state index contributed by atoms with van der Waals surface area (Å²) in [6.45, 7) is 3.49. The summed E-state index contributed by atoms with van der Waals surface area (Å²) in [5.41, 5.74) is 2.50. The number of nitrogens with zero attached hydrogens (tertiary/aromatic N) is 2. The standard InChI is InChI=1S/C39H35N3O4/c1-27(2)39(46,34-21-20-28-22-30(19-18-29(28)23-34)37(45)40-24-36(43)44)35-25-42(26-41-35)38(31-12-6-3-7-13-31,32-14-8-4-9-15-32)33-16-10-5-11-17-33/h3-23,25-27,46H,24H2,1-2H3,(H,40,45)(H,43,44). The van der Waals surface area contributed by atoms with E-state index in [1.807, 2.05) is 92.8 Å². The highest BCUT2D eigenvalue weighted by molar-refractivity contribution is 5.99. The third-order valence-corrected chi connectivity index (χ3v) is 8.71. The molecular formula is C39H35N3O4. The molecule has 0 aliphatic rings. The maximum absolute atomic E-state index is 12.6. The van der Waals surface area contributed by atoms with Crippen LogP contribution in [-0.2, 0) is 15.9 Å². The third kappa shape index (κ3) is 5.35. The lowest BCUT2D eigenvalue weighted by molar-refractivity contribution is -0.135. The molecule has 0 fully saturated rings. The van der Waals surface area contributed by atoms with Gasteiger partial charge in [-0.25, -0.2) is 4.98 Å². The molecule has 0 aliphatic heterocycles. The van der Waals surface area contributed by atoms with Crippen molar-refractivity contribution in [3.63, 3.8) is 0 Å². The van der Waals surface area contributed by atoms with Gasteiger partial charge in [0.15, 0.2) is 0 Å². The van der Waals surface area contributed by atoms with E-state index in [-0.39, 0.29) is 5.92 Å². The number of aliphatic carboxylic acids is 1. The lowest BCUT2D eigenvalue weighted by atomic mass is 9.76. The zero-order chi connectivity index (χ0) is 32.3. The zero-order valence-corrected chi connectivity index (χ0v) is 25.7. The second kappa shape index (κ2) is 12.5. The Bertz CT molecular complexity index is 1890. The van der Waals surface area contributed by atoms with Crippen LogP contribution >= 0.6 is 0 Å². The molecule has 7 heteroatoms. The van der Waals surface area contributed by atoms with Crippen LogP contribution in [0.3, 0.4) is 0 Å². The Labute approximate surface area is 267 Å². The van der Waals surface area contributed by atoms with Crippen molar-refractivity contribution in [1.29, 1.82) is 0 Å². The van der Waals surface area contributed by atoms with Gasteiger partial charge in [-0.2, -0.15) is 0 Å². The van der Waals surface area contributed by atoms with Gasteiger partial charge in [-0.3, -0.25) is 9.59 Å². The van der Waals surface area contributed by atoms with Crippen molar-refractivity contribution >= 4 is 22.6 Å². The highest BCUT2D eigenvalue weighted by Crippen LogP contribution is 2.43. The largest absolute Gasteiger partial charge is 0.480 e. The lowest BCUT2D eigenvalue weighted by Crippen LogP contribution is -2.37. The summed E-state index contributed by atoms with van der Waals surface area (Å²) >= 11 is 0. The number of hydrogen-bond donors (Lipinski definition) is 3. The lowest BCUT2D eigenvalue weighted by Gasteiger charge is -2.37. The smallest absolute Gasteiger partial charge is 0.322 e. The number of aromatic nitrogens is 2. The van der Waals surface area contributed by atoms with Crippen molar-refractivity contribution in [2.75, 3.05) is 6.54 Å². The van der Waals surface area contributed by atoms with Crippen LogP contribution in [0.1, 0.15) is 52.2 Å². The monoisotopic (exact) mass is 609 g/mol. The molecule has 1 atom stereocenters. The Balaban J connectivity index is 1.48. The summed E-state index contributed by atoms with van der Waals surface area (Å²) < 4.78 is 2.10. The number of hydrogen-bond acceptors (Lipinski definition) is 4. The average Bonchev–Trinajstić information content (AvgIpc) is 3.59. The van der Waals surface area contributed by atoms with Crippen molar-refractivity contribution in [3.8, 4) is 0 Å². The molecule has 7 nitrogen and oxygen atoms in total. The van der Waals surface area contributed by atoms with E-state index in [2.05, 4.69) is 46.3 Å². The van der Waals surface area contributed by atoms with Crippen LogP contribution in [0.4, 0.5) is 0 Å². The third-order valence-electron chi connectivity index (χ3n) is 8.71. The Morgan fingerprint density at radius 2 is 1.26 bits per heavy atom. The molecule has 0 spiro atoms. The Kier molecular flexibility index (Phi) is 8.26. The second-order valence-electron chi connectivity index (χ2n) is 11.7. The van der Waals surface area contributed by atoms with Crippen LogP contribution in [0.25, 0.3) is 10.8 Å². The van der Waals surface area contributed by atoms with E-state index in [0.717, 1.165) is 27.5 Å². The van der Waals surface area contributed by atoms with Gasteiger partial charge in [0, 0.05) is 11.8 Å². The summed E-state index contributed by atoms with van der Waals surface area (Å²) in [5, 5.41) is 25.5. The number of rotatable bonds is 10. The van der Waals surface area contributed by atoms with Gasteiger partial charge in [-0.15, -0.1) is 0 Å². The van der Waals surface area contributed by atoms with Crippen LogP contribution in [0.5, 0.6) is 0 Å². The van der Waals surface area contributed by atoms with Gasteiger partial charge < -0.3 is 20.1 Å². The number of aliphatic hydroxyl groups is 1. The number of carboxylic acids is 1. The van der Waals surface area contributed by atoms with Crippen molar-refractivity contribution in [2.24, 2.45) is 5.92 Å². The predicted molar refractivity (Wildman–Crippen MR) is 179 cm³/mol. The first-order chi connectivity index (χ1) is 22.2. The van der Waals surface area contributed by atoms with Gasteiger partial charge in [0.25, 0.3) is 5.91 Å². The van der Waals surface area contributed by atoms with Gasteiger partial charge in [-0.1, -0.05) is 123 Å². The molecule has 1 unspecified atom stereocenters. The maximum atomic E-state index is 12.6. The first-order valence-corrected chi connectivity index (χ1v) is 15.2. The summed E-state index contributed by atoms with van der Waals surface area (Å²) in [6.07, 6.45) is 3.76. The van der Waals surface area contributed by atoms with Gasteiger partial charge in [0.1, 0.15) is 17.7 Å². The van der Waals surface area contributed by atoms with Crippen molar-refractivity contribution in [3.05, 3.63) is 173 Å². The number of carbonyl (C=O) groups excluding carboxylic acids is 1. The van der Waals surface area contributed by atoms with E-state index >= 15 is 0 Å². The van der Waals surface area contributed by atoms with E-state index in [4.69, 9.17) is 10.1 Å². The summed E-state index contributed by atoms with van der Waals surface area (Å²) in [5.74, 6) is -1.81. The molecule has 0 saturated heterocycles. The van der Waals surface area contributed by atoms with Gasteiger partial charge in [0.05, 0.1) is 12.0 Å². The van der Waals surface area contributed by atoms with E-state index in [0.29, 0.717) is 16.8 Å². The van der Waals surface area contributed by atoms with Crippen molar-refractivity contribution < 1.29 is 19.8 Å². The molecule has 0 aliphatic carbocycles. The summed E-state index contributed by atoms with van der Waals surface area (Å²) in [6, 6.07) is 41.8. The van der Waals surface area contributed by atoms with Crippen molar-refractivity contribution in [2.45, 2.75) is 25.0 Å². The van der Waals surface area contributed by atoms with Crippen LogP contribution in [-0.4, -0.2) is 38.2 Å². The van der Waals surface area contributed by atoms with Gasteiger partial charge in [0.2, 0.25) is 0 Å². The first-order valence-electron chi connectivity index (χ1n) is 15.2. The summed E-state index contributed by atoms with van der Waals surface area (Å²) in [4.78, 5) is 28.2. The molecule has 1 heterocycles. The maximum Gasteiger partial charge on any atom is 0.322 e. The molecule has 0 radical (unpaired) electrons. The SMILES string of the molecule is CC(C)C(O)(c1ccc2cc(C(=O)NCC(=O)O)ccc2c1)c1cn(C(c2ccccc2)(c2ccccc2)c2ccccc2)cn1. The molecule has 6 rings (SSSR count). The fourth-order valence-corrected chi connectivity index (χ4v) is 6.35. The number of benzene rings is 5. The first kappa shape index (κ1) is 30.5. The fraction of sp³-hybridized carbons (Fsp3) is 0.154. The minimum Gasteiger partial charge on any atom is -0.480 e. The molecule has 3 N–H and O–H groups in total. The van der Waals surface area contributed by atoms with Gasteiger partial charge >= 0.3 is 5.97 Å². The van der Waals surface area contributed by atoms with E-state index < -0.39 is 29.6 Å². The minimum atomic E-state index is -1.44. The van der Waals surface area contributed by atoms with Gasteiger partial charge in [-0.05, 0) is 57.1 Å². The van der Waals surface area contributed by atoms with Crippen LogP contribution in [0.15, 0.2) is 140 Å². The van der Waals surface area contributed by atoms with Crippen LogP contribution < -0.4 is 5.32 Å². The molecule has 1 aromatic heterocycles. The predicted octanol–water partition coefficient (Wildman–Crippen LogP) is 6.58. The molecule has 6 aromatic rings. The molecule has 0 bridgehead atoms. The zero-order valence-electron chi connectivity index (χ0n) is 25.7. The Morgan fingerprint density at radius 3 is 1.78 bits per heavy atom.